The molecule has 256 valence electrons. The number of nitrogens with two attached hydrogens (primary N) is 1. The van der Waals surface area contributed by atoms with Gasteiger partial charge in [-0.15, -0.1) is 0 Å². The first kappa shape index (κ1) is 36.7. The molecule has 21 nitrogen and oxygen atoms in total. The summed E-state index contributed by atoms with van der Waals surface area (Å²) in [5.74, 6) is -6.17. The van der Waals surface area contributed by atoms with Gasteiger partial charge in [-0.05, 0) is 0 Å². The van der Waals surface area contributed by atoms with Gasteiger partial charge in [-0.1, -0.05) is 0 Å². The van der Waals surface area contributed by atoms with E-state index in [-0.39, 0.29) is 0 Å². The van der Waals surface area contributed by atoms with Crippen LogP contribution in [0, 0.1) is 0 Å². The Hall–Kier alpha value is -1.74. The molecule has 0 spiro atoms. The molecule has 3 aliphatic heterocycles. The summed E-state index contributed by atoms with van der Waals surface area (Å²) >= 11 is 0. The lowest BCUT2D eigenvalue weighted by molar-refractivity contribution is -0.380. The van der Waals surface area contributed by atoms with Crippen molar-refractivity contribution in [1.29, 1.82) is 0 Å². The van der Waals surface area contributed by atoms with Gasteiger partial charge in [0.05, 0.1) is 38.0 Å². The largest absolute Gasteiger partial charge is 0.477 e. The van der Waals surface area contributed by atoms with Gasteiger partial charge in [-0.3, -0.25) is 4.79 Å². The van der Waals surface area contributed by atoms with Gasteiger partial charge in [0, 0.05) is 6.42 Å². The molecule has 3 fully saturated rings. The van der Waals surface area contributed by atoms with Crippen LogP contribution in [-0.2, 0) is 33.3 Å². The molecule has 3 heterocycles. The Kier molecular flexibility index (Phi) is 12.7. The highest BCUT2D eigenvalue weighted by Crippen LogP contribution is 2.38. The van der Waals surface area contributed by atoms with E-state index in [9.17, 15) is 65.8 Å². The summed E-state index contributed by atoms with van der Waals surface area (Å²) in [6.45, 7) is -3.94. The van der Waals surface area contributed by atoms with Gasteiger partial charge < -0.3 is 96.0 Å². The number of hydrogen-bond acceptors (Lipinski definition) is 19. The van der Waals surface area contributed by atoms with Crippen molar-refractivity contribution >= 4 is 11.9 Å². The van der Waals surface area contributed by atoms with Crippen molar-refractivity contribution in [1.82, 2.24) is 5.32 Å². The Morgan fingerprint density at radius 3 is 2.07 bits per heavy atom. The smallest absolute Gasteiger partial charge is 0.364 e. The molecule has 0 aromatic rings. The van der Waals surface area contributed by atoms with Gasteiger partial charge in [-0.25, -0.2) is 4.79 Å². The third-order valence-corrected chi connectivity index (χ3v) is 7.65. The Labute approximate surface area is 248 Å². The highest BCUT2D eigenvalue weighted by atomic mass is 16.8. The Morgan fingerprint density at radius 2 is 1.52 bits per heavy atom. The van der Waals surface area contributed by atoms with Gasteiger partial charge in [-0.2, -0.15) is 0 Å². The third kappa shape index (κ3) is 7.45. The first-order valence-electron chi connectivity index (χ1n) is 13.5. The van der Waals surface area contributed by atoms with Gasteiger partial charge in [0.2, 0.25) is 5.91 Å². The number of aliphatic hydroxyl groups is 11. The second kappa shape index (κ2) is 15.2. The van der Waals surface area contributed by atoms with Crippen molar-refractivity contribution in [3.63, 3.8) is 0 Å². The molecule has 0 aromatic heterocycles. The van der Waals surface area contributed by atoms with Crippen LogP contribution in [0.5, 0.6) is 0 Å². The van der Waals surface area contributed by atoms with E-state index in [4.69, 9.17) is 34.5 Å². The van der Waals surface area contributed by atoms with Crippen molar-refractivity contribution in [2.45, 2.75) is 104 Å². The lowest BCUT2D eigenvalue weighted by atomic mass is 9.88. The predicted octanol–water partition coefficient (Wildman–Crippen LogP) is -9.28. The molecular formula is C23H40N2O19. The fourth-order valence-corrected chi connectivity index (χ4v) is 5.20. The van der Waals surface area contributed by atoms with E-state index in [0.29, 0.717) is 0 Å². The second-order valence-corrected chi connectivity index (χ2v) is 10.6. The number of nitrogens with one attached hydrogen (secondary N) is 1. The lowest BCUT2D eigenvalue weighted by Crippen LogP contribution is -2.71. The molecular weight excluding hydrogens is 608 g/mol. The number of carbonyl (C=O) groups excluding carboxylic acids is 1. The second-order valence-electron chi connectivity index (χ2n) is 10.6. The molecule has 0 unspecified atom stereocenters. The van der Waals surface area contributed by atoms with Crippen molar-refractivity contribution in [2.24, 2.45) is 5.73 Å². The van der Waals surface area contributed by atoms with Crippen LogP contribution in [0.15, 0.2) is 0 Å². The van der Waals surface area contributed by atoms with E-state index in [1.54, 1.807) is 0 Å². The highest BCUT2D eigenvalue weighted by Gasteiger charge is 2.60. The lowest BCUT2D eigenvalue weighted by Gasteiger charge is -2.50. The molecule has 44 heavy (non-hydrogen) atoms. The minimum atomic E-state index is -3.07. The number of hydrogen-bond donors (Lipinski definition) is 14. The predicted molar refractivity (Wildman–Crippen MR) is 133 cm³/mol. The maximum atomic E-state index is 12.6. The molecule has 21 heteroatoms. The van der Waals surface area contributed by atoms with Crippen molar-refractivity contribution in [3.05, 3.63) is 0 Å². The van der Waals surface area contributed by atoms with Crippen LogP contribution >= 0.6 is 0 Å². The van der Waals surface area contributed by atoms with E-state index < -0.39 is 142 Å². The van der Waals surface area contributed by atoms with Crippen LogP contribution in [0.25, 0.3) is 0 Å². The number of carboxylic acid groups (broad SMARTS) is 1. The Bertz CT molecular complexity index is 964. The van der Waals surface area contributed by atoms with Crippen LogP contribution in [0.2, 0.25) is 0 Å². The summed E-state index contributed by atoms with van der Waals surface area (Å²) < 4.78 is 26.9. The summed E-state index contributed by atoms with van der Waals surface area (Å²) in [5, 5.41) is 124. The van der Waals surface area contributed by atoms with Crippen LogP contribution in [0.3, 0.4) is 0 Å². The fourth-order valence-electron chi connectivity index (χ4n) is 5.20. The minimum Gasteiger partial charge on any atom is -0.477 e. The molecule has 3 saturated heterocycles. The number of aliphatic carboxylic acids is 1. The average molecular weight is 649 g/mol. The fraction of sp³-hybridized carbons (Fsp3) is 0.913. The van der Waals surface area contributed by atoms with Crippen molar-refractivity contribution in [2.75, 3.05) is 26.4 Å². The zero-order valence-electron chi connectivity index (χ0n) is 23.0. The molecule has 0 bridgehead atoms. The molecule has 1 amide bonds. The molecule has 16 atom stereocenters. The number of carboxylic acids is 1. The Morgan fingerprint density at radius 1 is 0.932 bits per heavy atom. The monoisotopic (exact) mass is 648 g/mol. The summed E-state index contributed by atoms with van der Waals surface area (Å²) in [7, 11) is 0. The Balaban J connectivity index is 1.95. The standard InChI is InChI=1S/C23H40N2O19/c24-11-17(14(34)8(3-27)40-20(11)37)42-21-16(36)19(15(35)9(4-28)41-21)44-23(22(38)39)1-6(30)12(25-10(32)5-29)18(43-23)13(33)7(31)2-26/h6-9,11-21,26-31,33-37H,1-5,24H2,(H,25,32)(H,38,39)/t6-,7+,8+,9+,11+,12+,13+,14+,15-,16+,17+,18+,19-,20+,21-,23-/m0/s1. The molecule has 0 aromatic carbocycles. The first-order chi connectivity index (χ1) is 20.7. The van der Waals surface area contributed by atoms with Crippen molar-refractivity contribution in [3.8, 4) is 0 Å². The number of rotatable bonds is 12. The zero-order valence-corrected chi connectivity index (χ0v) is 23.0. The van der Waals surface area contributed by atoms with E-state index >= 15 is 0 Å². The minimum absolute atomic E-state index is 0.791. The van der Waals surface area contributed by atoms with Gasteiger partial charge in [0.1, 0.15) is 67.6 Å². The summed E-state index contributed by atoms with van der Waals surface area (Å²) in [4.78, 5) is 24.4. The van der Waals surface area contributed by atoms with Gasteiger partial charge >= 0.3 is 5.97 Å². The highest BCUT2D eigenvalue weighted by molar-refractivity contribution is 5.78. The van der Waals surface area contributed by atoms with Gasteiger partial charge in [0.25, 0.3) is 5.79 Å². The molecule has 0 saturated carbocycles. The number of carbonyl (C=O) groups is 2. The number of ether oxygens (including phenoxy) is 5. The van der Waals surface area contributed by atoms with E-state index in [2.05, 4.69) is 5.32 Å². The zero-order chi connectivity index (χ0) is 33.1. The van der Waals surface area contributed by atoms with E-state index in [1.165, 1.54) is 0 Å². The average Bonchev–Trinajstić information content (AvgIpc) is 3.00. The van der Waals surface area contributed by atoms with Crippen LogP contribution < -0.4 is 11.1 Å². The summed E-state index contributed by atoms with van der Waals surface area (Å²) in [6, 6.07) is -3.18. The molecule has 3 aliphatic rings. The normalized spacial score (nSPS) is 44.5. The van der Waals surface area contributed by atoms with Crippen LogP contribution in [0.1, 0.15) is 6.42 Å². The molecule has 0 aliphatic carbocycles. The molecule has 15 N–H and O–H groups in total. The van der Waals surface area contributed by atoms with E-state index in [0.717, 1.165) is 0 Å². The third-order valence-electron chi connectivity index (χ3n) is 7.65. The summed E-state index contributed by atoms with van der Waals surface area (Å²) in [5.41, 5.74) is 5.84. The maximum Gasteiger partial charge on any atom is 0.364 e. The number of aliphatic hydroxyl groups excluding tert-OH is 11. The maximum absolute atomic E-state index is 12.6. The van der Waals surface area contributed by atoms with Crippen molar-refractivity contribution < 1.29 is 94.6 Å². The topological polar surface area (TPSA) is 361 Å². The first-order valence-corrected chi connectivity index (χ1v) is 13.5. The molecule has 0 radical (unpaired) electrons. The van der Waals surface area contributed by atoms with Crippen LogP contribution in [0.4, 0.5) is 0 Å². The van der Waals surface area contributed by atoms with Crippen LogP contribution in [-0.4, -0.2) is 197 Å². The van der Waals surface area contributed by atoms with E-state index in [1.807, 2.05) is 0 Å². The quantitative estimate of drug-likeness (QED) is 0.0933. The number of amides is 1. The molecule has 3 rings (SSSR count). The van der Waals surface area contributed by atoms with Gasteiger partial charge in [0.15, 0.2) is 12.6 Å². The SMILES string of the molecule is N[C@@H]1[C@@H](O[C@@H]2O[C@H](CO)[C@H](O)[C@H](O[C@]3(C(=O)O)C[C@H](O)[C@@H](NC(=O)CO)[C@H]([C@H](O)[C@H](O)CO)O3)[C@H]2O)[C@H](O)[C@@H](CO)O[C@H]1O. The summed E-state index contributed by atoms with van der Waals surface area (Å²) in [6.07, 6.45) is -25.7.